The number of nitrogens with zero attached hydrogens (tertiary/aromatic N) is 2. The summed E-state index contributed by atoms with van der Waals surface area (Å²) in [7, 11) is 0. The van der Waals surface area contributed by atoms with E-state index in [1.165, 1.54) is 0 Å². The highest BCUT2D eigenvalue weighted by Gasteiger charge is 2.13. The van der Waals surface area contributed by atoms with Gasteiger partial charge in [-0.2, -0.15) is 0 Å². The number of aryl methyl sites for hydroxylation is 1. The number of halogens is 2. The molecule has 152 valence electrons. The largest absolute Gasteiger partial charge is 0.492 e. The minimum Gasteiger partial charge on any atom is -0.492 e. The second kappa shape index (κ2) is 8.90. The summed E-state index contributed by atoms with van der Waals surface area (Å²) in [5.41, 5.74) is 2.52. The Labute approximate surface area is 184 Å². The van der Waals surface area contributed by atoms with E-state index in [9.17, 15) is 4.79 Å². The van der Waals surface area contributed by atoms with Crippen molar-refractivity contribution in [2.45, 2.75) is 19.9 Å². The van der Waals surface area contributed by atoms with Crippen LogP contribution >= 0.6 is 23.2 Å². The van der Waals surface area contributed by atoms with Gasteiger partial charge in [-0.05, 0) is 67.4 Å². The SMILES string of the molecule is Cc1ccc(OCCCn2c(-c3ccc(Cl)cc3)nc3ccccc3c2=O)c(Cl)c1. The number of aromatic nitrogens is 2. The second-order valence-electron chi connectivity index (χ2n) is 7.05. The second-order valence-corrected chi connectivity index (χ2v) is 7.90. The van der Waals surface area contributed by atoms with Gasteiger partial charge in [-0.25, -0.2) is 4.98 Å². The average Bonchev–Trinajstić information content (AvgIpc) is 2.74. The molecule has 0 radical (unpaired) electrons. The molecule has 0 saturated heterocycles. The van der Waals surface area contributed by atoms with Gasteiger partial charge in [-0.15, -0.1) is 0 Å². The Kier molecular flexibility index (Phi) is 6.07. The van der Waals surface area contributed by atoms with Crippen LogP contribution in [0.3, 0.4) is 0 Å². The Morgan fingerprint density at radius 1 is 1.00 bits per heavy atom. The molecule has 0 aliphatic heterocycles. The first kappa shape index (κ1) is 20.5. The van der Waals surface area contributed by atoms with Gasteiger partial charge < -0.3 is 4.74 Å². The van der Waals surface area contributed by atoms with Gasteiger partial charge in [0, 0.05) is 17.1 Å². The summed E-state index contributed by atoms with van der Waals surface area (Å²) in [5.74, 6) is 1.26. The fraction of sp³-hybridized carbons (Fsp3) is 0.167. The standard InChI is InChI=1S/C24H20Cl2N2O2/c1-16-7-12-22(20(26)15-16)30-14-4-13-28-23(17-8-10-18(25)11-9-17)27-21-6-3-2-5-19(21)24(28)29/h2-3,5-12,15H,4,13-14H2,1H3. The van der Waals surface area contributed by atoms with Crippen LogP contribution in [-0.4, -0.2) is 16.2 Å². The predicted octanol–water partition coefficient (Wildman–Crippen LogP) is 6.15. The van der Waals surface area contributed by atoms with E-state index in [2.05, 4.69) is 0 Å². The number of hydrogen-bond acceptors (Lipinski definition) is 3. The minimum atomic E-state index is -0.0704. The fourth-order valence-corrected chi connectivity index (χ4v) is 3.74. The number of benzene rings is 3. The zero-order chi connectivity index (χ0) is 21.1. The van der Waals surface area contributed by atoms with E-state index in [0.29, 0.717) is 52.1 Å². The quantitative estimate of drug-likeness (QED) is 0.339. The number of hydrogen-bond donors (Lipinski definition) is 0. The molecule has 0 aliphatic carbocycles. The molecule has 0 N–H and O–H groups in total. The van der Waals surface area contributed by atoms with E-state index in [1.807, 2.05) is 55.5 Å². The summed E-state index contributed by atoms with van der Waals surface area (Å²) >= 11 is 12.3. The predicted molar refractivity (Wildman–Crippen MR) is 123 cm³/mol. The number of para-hydroxylation sites is 1. The van der Waals surface area contributed by atoms with Crippen LogP contribution in [0.25, 0.3) is 22.3 Å². The Balaban J connectivity index is 1.61. The first-order chi connectivity index (χ1) is 14.5. The van der Waals surface area contributed by atoms with E-state index in [0.717, 1.165) is 11.1 Å². The molecule has 0 amide bonds. The molecule has 0 unspecified atom stereocenters. The summed E-state index contributed by atoms with van der Waals surface area (Å²) < 4.78 is 7.52. The molecule has 3 aromatic carbocycles. The summed E-state index contributed by atoms with van der Waals surface area (Å²) in [6.07, 6.45) is 0.630. The van der Waals surface area contributed by atoms with Crippen molar-refractivity contribution >= 4 is 34.1 Å². The molecule has 0 spiro atoms. The Hall–Kier alpha value is -2.82. The Bertz CT molecular complexity index is 1250. The Morgan fingerprint density at radius 3 is 2.53 bits per heavy atom. The third-order valence-electron chi connectivity index (χ3n) is 4.84. The van der Waals surface area contributed by atoms with E-state index in [-0.39, 0.29) is 5.56 Å². The highest BCUT2D eigenvalue weighted by molar-refractivity contribution is 6.32. The maximum absolute atomic E-state index is 13.2. The van der Waals surface area contributed by atoms with Crippen molar-refractivity contribution in [3.8, 4) is 17.1 Å². The van der Waals surface area contributed by atoms with Gasteiger partial charge in [-0.3, -0.25) is 9.36 Å². The van der Waals surface area contributed by atoms with Crippen LogP contribution < -0.4 is 10.3 Å². The van der Waals surface area contributed by atoms with Crippen LogP contribution in [0.15, 0.2) is 71.5 Å². The van der Waals surface area contributed by atoms with Crippen LogP contribution in [0.1, 0.15) is 12.0 Å². The van der Waals surface area contributed by atoms with Crippen molar-refractivity contribution in [1.29, 1.82) is 0 Å². The molecule has 0 fully saturated rings. The monoisotopic (exact) mass is 438 g/mol. The zero-order valence-corrected chi connectivity index (χ0v) is 18.0. The lowest BCUT2D eigenvalue weighted by atomic mass is 10.1. The zero-order valence-electron chi connectivity index (χ0n) is 16.4. The maximum atomic E-state index is 13.2. The lowest BCUT2D eigenvalue weighted by Crippen LogP contribution is -2.24. The van der Waals surface area contributed by atoms with E-state index in [1.54, 1.807) is 22.8 Å². The van der Waals surface area contributed by atoms with Gasteiger partial charge in [-0.1, -0.05) is 41.4 Å². The number of rotatable bonds is 6. The molecular formula is C24H20Cl2N2O2. The highest BCUT2D eigenvalue weighted by atomic mass is 35.5. The molecule has 4 aromatic rings. The van der Waals surface area contributed by atoms with Crippen LogP contribution in [0.5, 0.6) is 5.75 Å². The molecule has 4 rings (SSSR count). The summed E-state index contributed by atoms with van der Waals surface area (Å²) in [4.78, 5) is 17.9. The van der Waals surface area contributed by atoms with E-state index < -0.39 is 0 Å². The first-order valence-electron chi connectivity index (χ1n) is 9.67. The van der Waals surface area contributed by atoms with Crippen molar-refractivity contribution in [3.05, 3.63) is 92.7 Å². The van der Waals surface area contributed by atoms with Crippen molar-refractivity contribution in [1.82, 2.24) is 9.55 Å². The average molecular weight is 439 g/mol. The maximum Gasteiger partial charge on any atom is 0.261 e. The van der Waals surface area contributed by atoms with Gasteiger partial charge in [0.25, 0.3) is 5.56 Å². The molecule has 0 bridgehead atoms. The van der Waals surface area contributed by atoms with Crippen LogP contribution in [0.4, 0.5) is 0 Å². The van der Waals surface area contributed by atoms with Gasteiger partial charge >= 0.3 is 0 Å². The molecule has 0 saturated carbocycles. The highest BCUT2D eigenvalue weighted by Crippen LogP contribution is 2.25. The molecular weight excluding hydrogens is 419 g/mol. The number of ether oxygens (including phenoxy) is 1. The van der Waals surface area contributed by atoms with Crippen LogP contribution in [0, 0.1) is 6.92 Å². The number of fused-ring (bicyclic) bond motifs is 1. The lowest BCUT2D eigenvalue weighted by Gasteiger charge is -2.14. The van der Waals surface area contributed by atoms with Crippen molar-refractivity contribution in [2.24, 2.45) is 0 Å². The van der Waals surface area contributed by atoms with Crippen molar-refractivity contribution in [3.63, 3.8) is 0 Å². The molecule has 30 heavy (non-hydrogen) atoms. The van der Waals surface area contributed by atoms with Crippen LogP contribution in [-0.2, 0) is 6.54 Å². The van der Waals surface area contributed by atoms with Gasteiger partial charge in [0.1, 0.15) is 11.6 Å². The Morgan fingerprint density at radius 2 is 1.77 bits per heavy atom. The van der Waals surface area contributed by atoms with Crippen LogP contribution in [0.2, 0.25) is 10.0 Å². The van der Waals surface area contributed by atoms with Crippen molar-refractivity contribution in [2.75, 3.05) is 6.61 Å². The molecule has 1 heterocycles. The normalized spacial score (nSPS) is 11.0. The molecule has 1 aromatic heterocycles. The fourth-order valence-electron chi connectivity index (χ4n) is 3.32. The molecule has 0 atom stereocenters. The smallest absolute Gasteiger partial charge is 0.261 e. The van der Waals surface area contributed by atoms with Gasteiger partial charge in [0.05, 0.1) is 22.5 Å². The molecule has 6 heteroatoms. The van der Waals surface area contributed by atoms with E-state index >= 15 is 0 Å². The molecule has 0 aliphatic rings. The van der Waals surface area contributed by atoms with Gasteiger partial charge in [0.15, 0.2) is 0 Å². The lowest BCUT2D eigenvalue weighted by molar-refractivity contribution is 0.301. The molecule has 4 nitrogen and oxygen atoms in total. The third-order valence-corrected chi connectivity index (χ3v) is 5.38. The topological polar surface area (TPSA) is 44.1 Å². The van der Waals surface area contributed by atoms with Crippen molar-refractivity contribution < 1.29 is 4.74 Å². The first-order valence-corrected chi connectivity index (χ1v) is 10.4. The third kappa shape index (κ3) is 4.35. The van der Waals surface area contributed by atoms with Gasteiger partial charge in [0.2, 0.25) is 0 Å². The summed E-state index contributed by atoms with van der Waals surface area (Å²) in [6.45, 7) is 2.88. The van der Waals surface area contributed by atoms with E-state index in [4.69, 9.17) is 32.9 Å². The summed E-state index contributed by atoms with van der Waals surface area (Å²) in [5, 5.41) is 1.82. The summed E-state index contributed by atoms with van der Waals surface area (Å²) in [6, 6.07) is 20.4. The minimum absolute atomic E-state index is 0.0704.